The van der Waals surface area contributed by atoms with Gasteiger partial charge in [0.05, 0.1) is 11.3 Å². The largest absolute Gasteiger partial charge is 0.298 e. The number of hydrogen-bond donors (Lipinski definition) is 0. The molecule has 1 saturated carbocycles. The lowest BCUT2D eigenvalue weighted by Crippen LogP contribution is -2.36. The summed E-state index contributed by atoms with van der Waals surface area (Å²) in [6, 6.07) is 7.27. The lowest BCUT2D eigenvalue weighted by molar-refractivity contribution is 0.112. The van der Waals surface area contributed by atoms with E-state index < -0.39 is 10.0 Å². The van der Waals surface area contributed by atoms with Crippen molar-refractivity contribution in [1.82, 2.24) is 4.31 Å². The molecule has 0 spiro atoms. The zero-order valence-electron chi connectivity index (χ0n) is 10.0. The van der Waals surface area contributed by atoms with Crippen molar-refractivity contribution in [3.63, 3.8) is 0 Å². The minimum atomic E-state index is -3.08. The van der Waals surface area contributed by atoms with Gasteiger partial charge in [-0.15, -0.1) is 0 Å². The molecular weight excluding hydrogens is 250 g/mol. The molecule has 5 heteroatoms. The highest BCUT2D eigenvalue weighted by Crippen LogP contribution is 2.53. The Hall–Kier alpha value is -1.20. The van der Waals surface area contributed by atoms with Gasteiger partial charge in [0.1, 0.15) is 6.29 Å². The van der Waals surface area contributed by atoms with E-state index in [1.165, 1.54) is 0 Å². The molecule has 1 saturated heterocycles. The molecule has 0 aromatic heterocycles. The van der Waals surface area contributed by atoms with E-state index in [4.69, 9.17) is 0 Å². The summed E-state index contributed by atoms with van der Waals surface area (Å²) in [6.07, 6.45) is 3.28. The molecule has 1 heterocycles. The van der Waals surface area contributed by atoms with Crippen molar-refractivity contribution in [2.45, 2.75) is 24.8 Å². The van der Waals surface area contributed by atoms with Crippen LogP contribution in [0.4, 0.5) is 0 Å². The molecule has 3 rings (SSSR count). The average Bonchev–Trinajstić information content (AvgIpc) is 3.09. The van der Waals surface area contributed by atoms with E-state index >= 15 is 0 Å². The highest BCUT2D eigenvalue weighted by molar-refractivity contribution is 7.89. The van der Waals surface area contributed by atoms with Crippen LogP contribution >= 0.6 is 0 Å². The molecule has 2 aliphatic rings. The fraction of sp³-hybridized carbons (Fsp3) is 0.462. The number of carbonyl (C=O) groups excluding carboxylic acids is 1. The molecule has 0 unspecified atom stereocenters. The molecule has 1 aromatic carbocycles. The minimum absolute atomic E-state index is 0.265. The first kappa shape index (κ1) is 11.9. The van der Waals surface area contributed by atoms with E-state index in [9.17, 15) is 13.2 Å². The van der Waals surface area contributed by atoms with Gasteiger partial charge in [0.2, 0.25) is 10.0 Å². The monoisotopic (exact) mass is 265 g/mol. The van der Waals surface area contributed by atoms with Crippen molar-refractivity contribution in [3.05, 3.63) is 35.4 Å². The topological polar surface area (TPSA) is 54.5 Å². The summed E-state index contributed by atoms with van der Waals surface area (Å²) < 4.78 is 25.7. The first-order chi connectivity index (χ1) is 8.58. The summed E-state index contributed by atoms with van der Waals surface area (Å²) in [7, 11) is -3.08. The zero-order valence-corrected chi connectivity index (χ0v) is 10.8. The Morgan fingerprint density at radius 3 is 2.28 bits per heavy atom. The number of benzene rings is 1. The Morgan fingerprint density at radius 1 is 1.17 bits per heavy atom. The number of hydrogen-bond acceptors (Lipinski definition) is 3. The van der Waals surface area contributed by atoms with E-state index in [-0.39, 0.29) is 11.3 Å². The van der Waals surface area contributed by atoms with Crippen LogP contribution in [0.3, 0.4) is 0 Å². The summed E-state index contributed by atoms with van der Waals surface area (Å²) in [4.78, 5) is 10.6. The van der Waals surface area contributed by atoms with Crippen molar-refractivity contribution in [1.29, 1.82) is 0 Å². The van der Waals surface area contributed by atoms with Crippen LogP contribution in [-0.4, -0.2) is 31.3 Å². The van der Waals surface area contributed by atoms with Crippen LogP contribution < -0.4 is 0 Å². The fourth-order valence-electron chi connectivity index (χ4n) is 2.79. The maximum absolute atomic E-state index is 12.0. The van der Waals surface area contributed by atoms with Crippen LogP contribution in [0.15, 0.2) is 24.3 Å². The molecule has 0 amide bonds. The van der Waals surface area contributed by atoms with Crippen LogP contribution in [0.2, 0.25) is 0 Å². The second-order valence-electron chi connectivity index (χ2n) is 5.01. The van der Waals surface area contributed by atoms with Gasteiger partial charge in [-0.3, -0.25) is 4.79 Å². The first-order valence-electron chi connectivity index (χ1n) is 6.15. The van der Waals surface area contributed by atoms with E-state index in [0.29, 0.717) is 12.1 Å². The quantitative estimate of drug-likeness (QED) is 0.779. The first-order valence-corrected chi connectivity index (χ1v) is 7.76. The third kappa shape index (κ3) is 1.69. The number of nitrogens with zero attached hydrogens (tertiary/aromatic N) is 1. The van der Waals surface area contributed by atoms with Gasteiger partial charge < -0.3 is 0 Å². The molecule has 96 valence electrons. The Labute approximate surface area is 107 Å². The maximum atomic E-state index is 12.0. The summed E-state index contributed by atoms with van der Waals surface area (Å²) in [5.41, 5.74) is 1.31. The van der Waals surface area contributed by atoms with Crippen LogP contribution in [-0.2, 0) is 15.6 Å². The summed E-state index contributed by atoms with van der Waals surface area (Å²) in [5.74, 6) is 0.265. The highest BCUT2D eigenvalue weighted by Gasteiger charge is 2.55. The van der Waals surface area contributed by atoms with E-state index in [2.05, 4.69) is 0 Å². The third-order valence-electron chi connectivity index (χ3n) is 3.88. The van der Waals surface area contributed by atoms with Crippen molar-refractivity contribution in [2.24, 2.45) is 0 Å². The second-order valence-corrected chi connectivity index (χ2v) is 7.03. The molecule has 1 aromatic rings. The average molecular weight is 265 g/mol. The fourth-order valence-corrected chi connectivity index (χ4v) is 4.73. The number of rotatable bonds is 3. The molecule has 1 aliphatic heterocycles. The summed E-state index contributed by atoms with van der Waals surface area (Å²) in [6.45, 7) is 0.623. The van der Waals surface area contributed by atoms with Gasteiger partial charge >= 0.3 is 0 Å². The molecule has 0 bridgehead atoms. The Bertz CT molecular complexity index is 573. The van der Waals surface area contributed by atoms with Crippen molar-refractivity contribution in [2.75, 3.05) is 12.3 Å². The molecule has 1 aliphatic carbocycles. The molecular formula is C13H15NO3S. The van der Waals surface area contributed by atoms with Crippen LogP contribution in [0.25, 0.3) is 0 Å². The van der Waals surface area contributed by atoms with Gasteiger partial charge in [0.25, 0.3) is 0 Å². The predicted molar refractivity (Wildman–Crippen MR) is 67.9 cm³/mol. The lowest BCUT2D eigenvalue weighted by Gasteiger charge is -2.26. The van der Waals surface area contributed by atoms with Gasteiger partial charge in [0, 0.05) is 12.1 Å². The third-order valence-corrected chi connectivity index (χ3v) is 5.89. The van der Waals surface area contributed by atoms with Crippen LogP contribution in [0, 0.1) is 0 Å². The van der Waals surface area contributed by atoms with Crippen molar-refractivity contribution < 1.29 is 13.2 Å². The normalized spacial score (nSPS) is 24.9. The Morgan fingerprint density at radius 2 is 1.83 bits per heavy atom. The Balaban J connectivity index is 1.97. The predicted octanol–water partition coefficient (Wildman–Crippen LogP) is 1.52. The molecule has 4 nitrogen and oxygen atoms in total. The molecule has 0 N–H and O–H groups in total. The van der Waals surface area contributed by atoms with E-state index in [0.717, 1.165) is 31.1 Å². The zero-order chi connectivity index (χ0) is 12.8. The maximum Gasteiger partial charge on any atom is 0.214 e. The van der Waals surface area contributed by atoms with E-state index in [1.54, 1.807) is 16.4 Å². The number of sulfonamides is 1. The molecule has 0 radical (unpaired) electrons. The van der Waals surface area contributed by atoms with E-state index in [1.807, 2.05) is 12.1 Å². The number of aldehydes is 1. The molecule has 18 heavy (non-hydrogen) atoms. The summed E-state index contributed by atoms with van der Waals surface area (Å²) >= 11 is 0. The van der Waals surface area contributed by atoms with Gasteiger partial charge in [0.15, 0.2) is 0 Å². The van der Waals surface area contributed by atoms with Crippen LogP contribution in [0.5, 0.6) is 0 Å². The Kier molecular flexibility index (Phi) is 2.57. The van der Waals surface area contributed by atoms with Crippen LogP contribution in [0.1, 0.15) is 35.2 Å². The van der Waals surface area contributed by atoms with Gasteiger partial charge in [-0.25, -0.2) is 8.42 Å². The van der Waals surface area contributed by atoms with Gasteiger partial charge in [-0.1, -0.05) is 24.3 Å². The minimum Gasteiger partial charge on any atom is -0.298 e. The van der Waals surface area contributed by atoms with Gasteiger partial charge in [-0.2, -0.15) is 4.31 Å². The highest BCUT2D eigenvalue weighted by atomic mass is 32.2. The number of carbonyl (C=O) groups is 1. The van der Waals surface area contributed by atoms with Crippen molar-refractivity contribution >= 4 is 16.3 Å². The van der Waals surface area contributed by atoms with Gasteiger partial charge in [-0.05, 0) is 24.8 Å². The van der Waals surface area contributed by atoms with Crippen molar-refractivity contribution in [3.8, 4) is 0 Å². The molecule has 0 atom stereocenters. The SMILES string of the molecule is O=Cc1ccc(C2(N3CCCS3(=O)=O)CC2)cc1. The second kappa shape index (κ2) is 3.90. The summed E-state index contributed by atoms with van der Waals surface area (Å²) in [5, 5.41) is 0. The smallest absolute Gasteiger partial charge is 0.214 e. The molecule has 2 fully saturated rings. The lowest BCUT2D eigenvalue weighted by atomic mass is 10.0. The standard InChI is InChI=1S/C13H15NO3S/c15-10-11-2-4-12(5-3-11)13(6-7-13)14-8-1-9-18(14,16)17/h2-5,10H,1,6-9H2.